The van der Waals surface area contributed by atoms with Gasteiger partial charge in [-0.25, -0.2) is 0 Å². The van der Waals surface area contributed by atoms with E-state index in [1.54, 1.807) is 0 Å². The summed E-state index contributed by atoms with van der Waals surface area (Å²) in [6.07, 6.45) is 6.96. The number of rotatable bonds is 2. The molecule has 1 nitrogen and oxygen atoms in total. The molecule has 0 amide bonds. The van der Waals surface area contributed by atoms with E-state index < -0.39 is 0 Å². The van der Waals surface area contributed by atoms with Crippen molar-refractivity contribution in [2.45, 2.75) is 18.2 Å². The van der Waals surface area contributed by atoms with Crippen LogP contribution in [0.1, 0.15) is 12.8 Å². The Bertz CT molecular complexity index is 170. The molecular formula is C8H13NS. The molecule has 2 rings (SSSR count). The number of hydrogen-bond acceptors (Lipinski definition) is 1. The van der Waals surface area contributed by atoms with Crippen molar-refractivity contribution in [1.82, 2.24) is 0 Å². The third kappa shape index (κ3) is 1.13. The molecule has 2 aliphatic rings. The van der Waals surface area contributed by atoms with E-state index in [4.69, 9.17) is 5.73 Å². The molecule has 2 heteroatoms. The summed E-state index contributed by atoms with van der Waals surface area (Å²) < 4.78 is 0. The number of thiol groups is 1. The predicted octanol–water partition coefficient (Wildman–Crippen LogP) is 1.72. The van der Waals surface area contributed by atoms with E-state index in [2.05, 4.69) is 23.0 Å². The highest BCUT2D eigenvalue weighted by molar-refractivity contribution is 8.22. The largest absolute Gasteiger partial charge is 0.320 e. The third-order valence-electron chi connectivity index (χ3n) is 2.08. The van der Waals surface area contributed by atoms with Gasteiger partial charge in [-0.2, -0.15) is 10.9 Å². The fourth-order valence-corrected chi connectivity index (χ4v) is 3.11. The lowest BCUT2D eigenvalue weighted by atomic mass is 10.4. The third-order valence-corrected chi connectivity index (χ3v) is 4.22. The fraction of sp³-hybridized carbons (Fsp3) is 0.500. The SMILES string of the molecule is NC(C1CC1)[SH]1C=CC=C1. The molecule has 0 radical (unpaired) electrons. The molecule has 0 spiro atoms. The first-order valence-electron chi connectivity index (χ1n) is 3.76. The Morgan fingerprint density at radius 2 is 1.90 bits per heavy atom. The van der Waals surface area contributed by atoms with Crippen molar-refractivity contribution in [1.29, 1.82) is 0 Å². The molecule has 10 heavy (non-hydrogen) atoms. The predicted molar refractivity (Wildman–Crippen MR) is 48.0 cm³/mol. The molecule has 1 aliphatic carbocycles. The highest BCUT2D eigenvalue weighted by Crippen LogP contribution is 2.46. The van der Waals surface area contributed by atoms with Gasteiger partial charge < -0.3 is 5.73 Å². The lowest BCUT2D eigenvalue weighted by Gasteiger charge is -2.18. The Kier molecular flexibility index (Phi) is 1.58. The molecule has 2 N–H and O–H groups in total. The van der Waals surface area contributed by atoms with Gasteiger partial charge in [0.25, 0.3) is 0 Å². The van der Waals surface area contributed by atoms with Gasteiger partial charge in [0.1, 0.15) is 0 Å². The quantitative estimate of drug-likeness (QED) is 0.583. The number of nitrogens with two attached hydrogens (primary N) is 1. The summed E-state index contributed by atoms with van der Waals surface area (Å²) in [7, 11) is -0.0666. The highest BCUT2D eigenvalue weighted by Gasteiger charge is 2.30. The van der Waals surface area contributed by atoms with E-state index >= 15 is 0 Å². The Balaban J connectivity index is 1.97. The van der Waals surface area contributed by atoms with Crippen molar-refractivity contribution < 1.29 is 0 Å². The highest BCUT2D eigenvalue weighted by atomic mass is 32.2. The molecular weight excluding hydrogens is 142 g/mol. The Morgan fingerprint density at radius 1 is 1.30 bits per heavy atom. The van der Waals surface area contributed by atoms with Crippen LogP contribution < -0.4 is 5.73 Å². The van der Waals surface area contributed by atoms with Crippen molar-refractivity contribution in [2.75, 3.05) is 0 Å². The van der Waals surface area contributed by atoms with Crippen molar-refractivity contribution in [3.05, 3.63) is 23.0 Å². The van der Waals surface area contributed by atoms with Crippen LogP contribution >= 0.6 is 10.9 Å². The molecule has 1 unspecified atom stereocenters. The van der Waals surface area contributed by atoms with E-state index in [1.807, 2.05) is 0 Å². The summed E-state index contributed by atoms with van der Waals surface area (Å²) in [5.74, 6) is 0.846. The van der Waals surface area contributed by atoms with Gasteiger partial charge in [-0.15, -0.1) is 0 Å². The molecule has 1 saturated carbocycles. The zero-order valence-electron chi connectivity index (χ0n) is 5.90. The summed E-state index contributed by atoms with van der Waals surface area (Å²) in [5, 5.41) is 4.99. The van der Waals surface area contributed by atoms with Crippen LogP contribution in [0.25, 0.3) is 0 Å². The van der Waals surface area contributed by atoms with Crippen LogP contribution in [0.2, 0.25) is 0 Å². The molecule has 0 aromatic carbocycles. The maximum atomic E-state index is 6.01. The molecule has 0 aromatic heterocycles. The van der Waals surface area contributed by atoms with Gasteiger partial charge in [0.2, 0.25) is 0 Å². The fourth-order valence-electron chi connectivity index (χ4n) is 1.23. The van der Waals surface area contributed by atoms with E-state index in [0.29, 0.717) is 5.37 Å². The van der Waals surface area contributed by atoms with Gasteiger partial charge in [0, 0.05) is 5.37 Å². The van der Waals surface area contributed by atoms with E-state index in [-0.39, 0.29) is 10.9 Å². The Hall–Kier alpha value is -0.210. The summed E-state index contributed by atoms with van der Waals surface area (Å²) in [4.78, 5) is 0. The normalized spacial score (nSPS) is 29.5. The second kappa shape index (κ2) is 2.44. The first kappa shape index (κ1) is 6.50. The van der Waals surface area contributed by atoms with Crippen LogP contribution in [-0.2, 0) is 0 Å². The van der Waals surface area contributed by atoms with Gasteiger partial charge in [0.15, 0.2) is 0 Å². The number of hydrogen-bond donors (Lipinski definition) is 2. The maximum absolute atomic E-state index is 6.01. The lowest BCUT2D eigenvalue weighted by molar-refractivity contribution is 0.788. The van der Waals surface area contributed by atoms with Crippen molar-refractivity contribution >= 4 is 10.9 Å². The molecule has 0 aromatic rings. The van der Waals surface area contributed by atoms with Crippen LogP contribution in [0.15, 0.2) is 23.0 Å². The van der Waals surface area contributed by atoms with Crippen LogP contribution in [0.5, 0.6) is 0 Å². The molecule has 1 atom stereocenters. The first-order chi connectivity index (χ1) is 4.88. The van der Waals surface area contributed by atoms with Crippen molar-refractivity contribution in [3.63, 3.8) is 0 Å². The first-order valence-corrected chi connectivity index (χ1v) is 5.31. The zero-order chi connectivity index (χ0) is 6.97. The molecule has 1 heterocycles. The Morgan fingerprint density at radius 3 is 2.40 bits per heavy atom. The smallest absolute Gasteiger partial charge is 0.0421 e. The van der Waals surface area contributed by atoms with Crippen LogP contribution in [0.3, 0.4) is 0 Å². The monoisotopic (exact) mass is 155 g/mol. The summed E-state index contributed by atoms with van der Waals surface area (Å²) in [6, 6.07) is 0. The Labute approximate surface area is 64.3 Å². The summed E-state index contributed by atoms with van der Waals surface area (Å²) >= 11 is 0. The molecule has 1 fully saturated rings. The van der Waals surface area contributed by atoms with Crippen LogP contribution in [0.4, 0.5) is 0 Å². The minimum atomic E-state index is -0.0666. The summed E-state index contributed by atoms with van der Waals surface area (Å²) in [5.41, 5.74) is 6.01. The van der Waals surface area contributed by atoms with Crippen molar-refractivity contribution in [2.24, 2.45) is 11.7 Å². The molecule has 0 saturated heterocycles. The molecule has 56 valence electrons. The lowest BCUT2D eigenvalue weighted by Crippen LogP contribution is -2.20. The average molecular weight is 155 g/mol. The second-order valence-electron chi connectivity index (χ2n) is 2.96. The second-order valence-corrected chi connectivity index (χ2v) is 5.05. The minimum absolute atomic E-state index is 0.0666. The topological polar surface area (TPSA) is 26.0 Å². The van der Waals surface area contributed by atoms with E-state index in [0.717, 1.165) is 5.92 Å². The molecule has 1 aliphatic heterocycles. The van der Waals surface area contributed by atoms with Gasteiger partial charge in [-0.05, 0) is 29.6 Å². The van der Waals surface area contributed by atoms with Gasteiger partial charge in [-0.1, -0.05) is 12.2 Å². The van der Waals surface area contributed by atoms with Crippen molar-refractivity contribution in [3.8, 4) is 0 Å². The number of allylic oxidation sites excluding steroid dienone is 2. The van der Waals surface area contributed by atoms with Gasteiger partial charge >= 0.3 is 0 Å². The van der Waals surface area contributed by atoms with E-state index in [1.165, 1.54) is 12.8 Å². The van der Waals surface area contributed by atoms with Crippen LogP contribution in [0, 0.1) is 5.92 Å². The molecule has 0 bridgehead atoms. The minimum Gasteiger partial charge on any atom is -0.320 e. The zero-order valence-corrected chi connectivity index (χ0v) is 6.80. The van der Waals surface area contributed by atoms with Gasteiger partial charge in [-0.3, -0.25) is 0 Å². The van der Waals surface area contributed by atoms with Crippen LogP contribution in [-0.4, -0.2) is 5.37 Å². The maximum Gasteiger partial charge on any atom is 0.0421 e. The average Bonchev–Trinajstić information content (AvgIpc) is 2.65. The van der Waals surface area contributed by atoms with E-state index in [9.17, 15) is 0 Å². The summed E-state index contributed by atoms with van der Waals surface area (Å²) in [6.45, 7) is 0. The standard InChI is InChI=1S/C8H13NS/c9-8(7-3-4-7)10-5-1-2-6-10/h1-2,5-8,10H,3-4,9H2. The van der Waals surface area contributed by atoms with Gasteiger partial charge in [0.05, 0.1) is 0 Å².